The summed E-state index contributed by atoms with van der Waals surface area (Å²) in [6.07, 6.45) is 3.95. The van der Waals surface area contributed by atoms with E-state index >= 15 is 0 Å². The number of nitrogens with one attached hydrogen (secondary N) is 1. The number of carbonyl (C=O) groups is 1. The summed E-state index contributed by atoms with van der Waals surface area (Å²) in [6, 6.07) is 11.8. The van der Waals surface area contributed by atoms with Crippen molar-refractivity contribution in [1.82, 2.24) is 15.0 Å². The zero-order valence-electron chi connectivity index (χ0n) is 15.4. The number of pyridine rings is 1. The highest BCUT2D eigenvalue weighted by Gasteiger charge is 2.26. The average molecular weight is 359 g/mol. The summed E-state index contributed by atoms with van der Waals surface area (Å²) >= 11 is 0. The molecule has 4 rings (SSSR count). The van der Waals surface area contributed by atoms with Gasteiger partial charge in [-0.2, -0.15) is 0 Å². The maximum atomic E-state index is 12.3. The lowest BCUT2D eigenvalue weighted by molar-refractivity contribution is -0.117. The van der Waals surface area contributed by atoms with Crippen molar-refractivity contribution in [2.75, 3.05) is 23.3 Å². The van der Waals surface area contributed by atoms with Crippen molar-refractivity contribution < 1.29 is 4.79 Å². The molecular weight excluding hydrogens is 338 g/mol. The number of hydrogen-bond acceptors (Lipinski definition) is 5. The van der Waals surface area contributed by atoms with Crippen LogP contribution < -0.4 is 10.2 Å². The Bertz CT molecular complexity index is 987. The quantitative estimate of drug-likeness (QED) is 0.758. The predicted octanol–water partition coefficient (Wildman–Crippen LogP) is 3.16. The Hall–Kier alpha value is -3.28. The van der Waals surface area contributed by atoms with Crippen molar-refractivity contribution in [3.8, 4) is 11.4 Å². The molecule has 0 saturated carbocycles. The van der Waals surface area contributed by atoms with Crippen LogP contribution in [0.1, 0.15) is 16.8 Å². The maximum Gasteiger partial charge on any atom is 0.231 e. The van der Waals surface area contributed by atoms with Gasteiger partial charge in [0.05, 0.1) is 6.42 Å². The minimum absolute atomic E-state index is 0.145. The Morgan fingerprint density at radius 1 is 1.07 bits per heavy atom. The standard InChI is InChI=1S/C21H21N5O/c1-14-15(2)24-21(16-7-9-22-10-8-16)25-20(14)23-11-12-26-18-6-4-3-5-17(18)13-19(26)27/h3-10H,11-13H2,1-2H3,(H,23,24,25). The van der Waals surface area contributed by atoms with Gasteiger partial charge in [0, 0.05) is 48.0 Å². The number of benzene rings is 1. The van der Waals surface area contributed by atoms with Crippen LogP contribution in [0.15, 0.2) is 48.8 Å². The fourth-order valence-corrected chi connectivity index (χ4v) is 3.28. The van der Waals surface area contributed by atoms with E-state index in [-0.39, 0.29) is 5.91 Å². The number of nitrogens with zero attached hydrogens (tertiary/aromatic N) is 4. The second-order valence-electron chi connectivity index (χ2n) is 6.62. The van der Waals surface area contributed by atoms with E-state index < -0.39 is 0 Å². The van der Waals surface area contributed by atoms with E-state index in [2.05, 4.69) is 20.3 Å². The van der Waals surface area contributed by atoms with E-state index in [1.165, 1.54) is 0 Å². The molecule has 0 spiro atoms. The number of amides is 1. The molecule has 3 heterocycles. The number of fused-ring (bicyclic) bond motifs is 1. The van der Waals surface area contributed by atoms with Crippen LogP contribution in [0, 0.1) is 13.8 Å². The summed E-state index contributed by atoms with van der Waals surface area (Å²) in [5.74, 6) is 1.62. The van der Waals surface area contributed by atoms with Crippen molar-refractivity contribution in [3.05, 3.63) is 65.6 Å². The lowest BCUT2D eigenvalue weighted by Crippen LogP contribution is -2.32. The third-order valence-electron chi connectivity index (χ3n) is 4.88. The van der Waals surface area contributed by atoms with E-state index in [4.69, 9.17) is 0 Å². The average Bonchev–Trinajstić information content (AvgIpc) is 3.01. The van der Waals surface area contributed by atoms with E-state index in [9.17, 15) is 4.79 Å². The van der Waals surface area contributed by atoms with Crippen molar-refractivity contribution >= 4 is 17.4 Å². The van der Waals surface area contributed by atoms with Crippen LogP contribution in [0.3, 0.4) is 0 Å². The fraction of sp³-hybridized carbons (Fsp3) is 0.238. The maximum absolute atomic E-state index is 12.3. The summed E-state index contributed by atoms with van der Waals surface area (Å²) in [7, 11) is 0. The third-order valence-corrected chi connectivity index (χ3v) is 4.88. The highest BCUT2D eigenvalue weighted by Crippen LogP contribution is 2.28. The Morgan fingerprint density at radius 3 is 2.67 bits per heavy atom. The molecule has 0 saturated heterocycles. The Kier molecular flexibility index (Phi) is 4.54. The minimum Gasteiger partial charge on any atom is -0.368 e. The SMILES string of the molecule is Cc1nc(-c2ccncc2)nc(NCCN2C(=O)Cc3ccccc32)c1C. The molecule has 3 aromatic rings. The molecule has 27 heavy (non-hydrogen) atoms. The number of anilines is 2. The molecule has 0 atom stereocenters. The van der Waals surface area contributed by atoms with Crippen LogP contribution in [-0.4, -0.2) is 33.9 Å². The van der Waals surface area contributed by atoms with Gasteiger partial charge in [-0.1, -0.05) is 18.2 Å². The highest BCUT2D eigenvalue weighted by molar-refractivity contribution is 6.01. The molecule has 0 fully saturated rings. The topological polar surface area (TPSA) is 71.0 Å². The number of para-hydroxylation sites is 1. The van der Waals surface area contributed by atoms with E-state index in [0.717, 1.165) is 33.9 Å². The Labute approximate surface area is 158 Å². The van der Waals surface area contributed by atoms with Gasteiger partial charge in [-0.05, 0) is 37.6 Å². The molecule has 1 aliphatic heterocycles. The number of rotatable bonds is 5. The Balaban J connectivity index is 1.50. The zero-order valence-corrected chi connectivity index (χ0v) is 15.4. The van der Waals surface area contributed by atoms with Gasteiger partial charge in [-0.25, -0.2) is 9.97 Å². The Morgan fingerprint density at radius 2 is 1.85 bits per heavy atom. The van der Waals surface area contributed by atoms with Crippen molar-refractivity contribution in [1.29, 1.82) is 0 Å². The molecule has 0 radical (unpaired) electrons. The van der Waals surface area contributed by atoms with Gasteiger partial charge >= 0.3 is 0 Å². The van der Waals surface area contributed by atoms with Crippen molar-refractivity contribution in [3.63, 3.8) is 0 Å². The van der Waals surface area contributed by atoms with Crippen LogP contribution in [0.25, 0.3) is 11.4 Å². The molecule has 1 aromatic carbocycles. The molecule has 1 amide bonds. The smallest absolute Gasteiger partial charge is 0.231 e. The summed E-state index contributed by atoms with van der Waals surface area (Å²) in [5.41, 5.74) is 4.98. The summed E-state index contributed by atoms with van der Waals surface area (Å²) < 4.78 is 0. The molecule has 0 aliphatic carbocycles. The van der Waals surface area contributed by atoms with Gasteiger partial charge in [0.2, 0.25) is 5.91 Å². The van der Waals surface area contributed by atoms with Crippen molar-refractivity contribution in [2.24, 2.45) is 0 Å². The van der Waals surface area contributed by atoms with Gasteiger partial charge in [0.15, 0.2) is 5.82 Å². The first-order valence-corrected chi connectivity index (χ1v) is 9.01. The number of hydrogen-bond donors (Lipinski definition) is 1. The molecule has 2 aromatic heterocycles. The second-order valence-corrected chi connectivity index (χ2v) is 6.62. The molecule has 136 valence electrons. The number of carbonyl (C=O) groups excluding carboxylic acids is 1. The van der Waals surface area contributed by atoms with Gasteiger partial charge in [-0.3, -0.25) is 9.78 Å². The van der Waals surface area contributed by atoms with Gasteiger partial charge < -0.3 is 10.2 Å². The predicted molar refractivity (Wildman–Crippen MR) is 106 cm³/mol. The largest absolute Gasteiger partial charge is 0.368 e. The van der Waals surface area contributed by atoms with E-state index in [1.54, 1.807) is 12.4 Å². The van der Waals surface area contributed by atoms with Crippen LogP contribution in [0.5, 0.6) is 0 Å². The van der Waals surface area contributed by atoms with Crippen LogP contribution >= 0.6 is 0 Å². The third kappa shape index (κ3) is 3.38. The first-order chi connectivity index (χ1) is 13.1. The van der Waals surface area contributed by atoms with Crippen LogP contribution in [0.4, 0.5) is 11.5 Å². The lowest BCUT2D eigenvalue weighted by atomic mass is 10.2. The van der Waals surface area contributed by atoms with Gasteiger partial charge in [-0.15, -0.1) is 0 Å². The molecule has 6 heteroatoms. The van der Waals surface area contributed by atoms with Gasteiger partial charge in [0.25, 0.3) is 0 Å². The number of aryl methyl sites for hydroxylation is 1. The fourth-order valence-electron chi connectivity index (χ4n) is 3.28. The lowest BCUT2D eigenvalue weighted by Gasteiger charge is -2.19. The normalized spacial score (nSPS) is 13.0. The summed E-state index contributed by atoms with van der Waals surface area (Å²) in [6.45, 7) is 5.20. The van der Waals surface area contributed by atoms with E-state index in [1.807, 2.05) is 55.1 Å². The minimum atomic E-state index is 0.145. The van der Waals surface area contributed by atoms with Gasteiger partial charge in [0.1, 0.15) is 5.82 Å². The molecule has 6 nitrogen and oxygen atoms in total. The van der Waals surface area contributed by atoms with Crippen LogP contribution in [-0.2, 0) is 11.2 Å². The molecule has 0 bridgehead atoms. The monoisotopic (exact) mass is 359 g/mol. The molecular formula is C21H21N5O. The molecule has 1 aliphatic rings. The number of aromatic nitrogens is 3. The molecule has 0 unspecified atom stereocenters. The second kappa shape index (κ2) is 7.15. The zero-order chi connectivity index (χ0) is 18.8. The van der Waals surface area contributed by atoms with Crippen LogP contribution in [0.2, 0.25) is 0 Å². The van der Waals surface area contributed by atoms with E-state index in [0.29, 0.717) is 25.3 Å². The summed E-state index contributed by atoms with van der Waals surface area (Å²) in [4.78, 5) is 27.5. The highest BCUT2D eigenvalue weighted by atomic mass is 16.2. The molecule has 1 N–H and O–H groups in total. The summed E-state index contributed by atoms with van der Waals surface area (Å²) in [5, 5.41) is 3.38. The first kappa shape index (κ1) is 17.1. The first-order valence-electron chi connectivity index (χ1n) is 9.01. The van der Waals surface area contributed by atoms with Crippen molar-refractivity contribution in [2.45, 2.75) is 20.3 Å².